The molecule has 1 aliphatic heterocycles. The molecule has 0 bridgehead atoms. The third-order valence-electron chi connectivity index (χ3n) is 2.92. The standard InChI is InChI=1S/C14H15N3O2/c1-15-9-11-3-4-12(17-16-11)10-2-5-13-14(8-10)19-7-6-18-13/h2-5,8,15H,6-7,9H2,1H3. The molecule has 0 radical (unpaired) electrons. The monoisotopic (exact) mass is 257 g/mol. The summed E-state index contributed by atoms with van der Waals surface area (Å²) in [5.41, 5.74) is 2.73. The zero-order chi connectivity index (χ0) is 13.1. The van der Waals surface area contributed by atoms with Crippen molar-refractivity contribution in [3.8, 4) is 22.8 Å². The van der Waals surface area contributed by atoms with E-state index in [2.05, 4.69) is 15.5 Å². The van der Waals surface area contributed by atoms with Crippen molar-refractivity contribution in [3.05, 3.63) is 36.0 Å². The molecule has 0 saturated heterocycles. The molecule has 5 heteroatoms. The topological polar surface area (TPSA) is 56.3 Å². The van der Waals surface area contributed by atoms with Gasteiger partial charge in [-0.2, -0.15) is 10.2 Å². The summed E-state index contributed by atoms with van der Waals surface area (Å²) in [7, 11) is 1.89. The Labute approximate surface area is 111 Å². The normalized spacial score (nSPS) is 13.3. The van der Waals surface area contributed by atoms with Crippen molar-refractivity contribution in [2.24, 2.45) is 0 Å². The Morgan fingerprint density at radius 3 is 2.63 bits per heavy atom. The zero-order valence-electron chi connectivity index (χ0n) is 10.7. The van der Waals surface area contributed by atoms with Gasteiger partial charge in [0.1, 0.15) is 13.2 Å². The van der Waals surface area contributed by atoms with E-state index in [0.717, 1.165) is 28.5 Å². The van der Waals surface area contributed by atoms with Crippen LogP contribution in [0.4, 0.5) is 0 Å². The molecular weight excluding hydrogens is 242 g/mol. The van der Waals surface area contributed by atoms with Gasteiger partial charge in [0.2, 0.25) is 0 Å². The Kier molecular flexibility index (Phi) is 3.29. The quantitative estimate of drug-likeness (QED) is 0.905. The molecule has 1 aliphatic rings. The Hall–Kier alpha value is -2.14. The van der Waals surface area contributed by atoms with Crippen LogP contribution in [0.3, 0.4) is 0 Å². The van der Waals surface area contributed by atoms with Crippen molar-refractivity contribution in [2.75, 3.05) is 20.3 Å². The summed E-state index contributed by atoms with van der Waals surface area (Å²) >= 11 is 0. The van der Waals surface area contributed by atoms with E-state index in [1.54, 1.807) is 0 Å². The van der Waals surface area contributed by atoms with Crippen LogP contribution in [0.1, 0.15) is 5.69 Å². The summed E-state index contributed by atoms with van der Waals surface area (Å²) in [4.78, 5) is 0. The van der Waals surface area contributed by atoms with Crippen LogP contribution in [0.2, 0.25) is 0 Å². The highest BCUT2D eigenvalue weighted by Gasteiger charge is 2.12. The van der Waals surface area contributed by atoms with Crippen LogP contribution >= 0.6 is 0 Å². The van der Waals surface area contributed by atoms with Crippen LogP contribution in [0.5, 0.6) is 11.5 Å². The molecule has 1 N–H and O–H groups in total. The fraction of sp³-hybridized carbons (Fsp3) is 0.286. The Bertz CT molecular complexity index is 569. The lowest BCUT2D eigenvalue weighted by Gasteiger charge is -2.18. The molecule has 2 heterocycles. The molecule has 3 rings (SSSR count). The third-order valence-corrected chi connectivity index (χ3v) is 2.92. The first-order valence-corrected chi connectivity index (χ1v) is 6.24. The molecule has 0 spiro atoms. The van der Waals surface area contributed by atoms with Crippen LogP contribution in [0.25, 0.3) is 11.3 Å². The van der Waals surface area contributed by atoms with E-state index in [-0.39, 0.29) is 0 Å². The maximum Gasteiger partial charge on any atom is 0.162 e. The van der Waals surface area contributed by atoms with Gasteiger partial charge < -0.3 is 14.8 Å². The van der Waals surface area contributed by atoms with E-state index < -0.39 is 0 Å². The second-order valence-corrected chi connectivity index (χ2v) is 4.30. The van der Waals surface area contributed by atoms with Gasteiger partial charge in [0, 0.05) is 12.1 Å². The average molecular weight is 257 g/mol. The van der Waals surface area contributed by atoms with E-state index >= 15 is 0 Å². The Morgan fingerprint density at radius 1 is 1.05 bits per heavy atom. The molecular formula is C14H15N3O2. The number of rotatable bonds is 3. The molecule has 0 saturated carbocycles. The maximum absolute atomic E-state index is 5.56. The van der Waals surface area contributed by atoms with E-state index in [1.165, 1.54) is 0 Å². The molecule has 19 heavy (non-hydrogen) atoms. The van der Waals surface area contributed by atoms with Crippen molar-refractivity contribution < 1.29 is 9.47 Å². The molecule has 2 aromatic rings. The van der Waals surface area contributed by atoms with Crippen LogP contribution in [-0.4, -0.2) is 30.5 Å². The maximum atomic E-state index is 5.56. The summed E-state index contributed by atoms with van der Waals surface area (Å²) in [5, 5.41) is 11.4. The number of ether oxygens (including phenoxy) is 2. The van der Waals surface area contributed by atoms with Crippen LogP contribution in [-0.2, 0) is 6.54 Å². The molecule has 5 nitrogen and oxygen atoms in total. The predicted molar refractivity (Wildman–Crippen MR) is 71.2 cm³/mol. The first-order valence-electron chi connectivity index (χ1n) is 6.24. The number of nitrogens with zero attached hydrogens (tertiary/aromatic N) is 2. The van der Waals surface area contributed by atoms with Crippen molar-refractivity contribution in [2.45, 2.75) is 6.54 Å². The predicted octanol–water partition coefficient (Wildman–Crippen LogP) is 1.63. The summed E-state index contributed by atoms with van der Waals surface area (Å²) in [6.45, 7) is 1.91. The third kappa shape index (κ3) is 2.51. The van der Waals surface area contributed by atoms with Crippen LogP contribution in [0, 0.1) is 0 Å². The van der Waals surface area contributed by atoms with E-state index in [9.17, 15) is 0 Å². The van der Waals surface area contributed by atoms with Crippen molar-refractivity contribution in [3.63, 3.8) is 0 Å². The Balaban J connectivity index is 1.89. The highest BCUT2D eigenvalue weighted by atomic mass is 16.6. The highest BCUT2D eigenvalue weighted by Crippen LogP contribution is 2.33. The van der Waals surface area contributed by atoms with E-state index in [0.29, 0.717) is 19.8 Å². The molecule has 0 aliphatic carbocycles. The van der Waals surface area contributed by atoms with Gasteiger partial charge in [0.25, 0.3) is 0 Å². The van der Waals surface area contributed by atoms with Gasteiger partial charge in [-0.15, -0.1) is 0 Å². The highest BCUT2D eigenvalue weighted by molar-refractivity contribution is 5.63. The van der Waals surface area contributed by atoms with Crippen molar-refractivity contribution in [1.82, 2.24) is 15.5 Å². The van der Waals surface area contributed by atoms with E-state index in [1.807, 2.05) is 37.4 Å². The van der Waals surface area contributed by atoms with Crippen molar-refractivity contribution >= 4 is 0 Å². The van der Waals surface area contributed by atoms with E-state index in [4.69, 9.17) is 9.47 Å². The molecule has 0 fully saturated rings. The fourth-order valence-corrected chi connectivity index (χ4v) is 1.99. The molecule has 1 aromatic carbocycles. The van der Waals surface area contributed by atoms with Gasteiger partial charge >= 0.3 is 0 Å². The first-order chi connectivity index (χ1) is 9.36. The molecule has 0 unspecified atom stereocenters. The summed E-state index contributed by atoms with van der Waals surface area (Å²) < 4.78 is 11.1. The number of hydrogen-bond acceptors (Lipinski definition) is 5. The zero-order valence-corrected chi connectivity index (χ0v) is 10.7. The van der Waals surface area contributed by atoms with Gasteiger partial charge in [0.15, 0.2) is 11.5 Å². The molecule has 1 aromatic heterocycles. The van der Waals surface area contributed by atoms with Gasteiger partial charge in [-0.05, 0) is 37.4 Å². The van der Waals surface area contributed by atoms with Gasteiger partial charge in [-0.25, -0.2) is 0 Å². The number of fused-ring (bicyclic) bond motifs is 1. The SMILES string of the molecule is CNCc1ccc(-c2ccc3c(c2)OCCO3)nn1. The lowest BCUT2D eigenvalue weighted by Crippen LogP contribution is -2.15. The smallest absolute Gasteiger partial charge is 0.162 e. The number of hydrogen-bond donors (Lipinski definition) is 1. The lowest BCUT2D eigenvalue weighted by molar-refractivity contribution is 0.171. The van der Waals surface area contributed by atoms with Gasteiger partial charge in [-0.1, -0.05) is 0 Å². The van der Waals surface area contributed by atoms with Crippen LogP contribution in [0.15, 0.2) is 30.3 Å². The summed E-state index contributed by atoms with van der Waals surface area (Å²) in [6.07, 6.45) is 0. The summed E-state index contributed by atoms with van der Waals surface area (Å²) in [5.74, 6) is 1.56. The Morgan fingerprint density at radius 2 is 1.89 bits per heavy atom. The number of benzene rings is 1. The lowest BCUT2D eigenvalue weighted by atomic mass is 10.1. The average Bonchev–Trinajstić information content (AvgIpc) is 2.48. The number of nitrogens with one attached hydrogen (secondary N) is 1. The minimum atomic E-state index is 0.587. The number of aromatic nitrogens is 2. The second kappa shape index (κ2) is 5.24. The fourth-order valence-electron chi connectivity index (χ4n) is 1.99. The van der Waals surface area contributed by atoms with Crippen LogP contribution < -0.4 is 14.8 Å². The van der Waals surface area contributed by atoms with Gasteiger partial charge in [-0.3, -0.25) is 0 Å². The van der Waals surface area contributed by atoms with Gasteiger partial charge in [0.05, 0.1) is 11.4 Å². The minimum absolute atomic E-state index is 0.587. The molecule has 98 valence electrons. The molecule has 0 atom stereocenters. The van der Waals surface area contributed by atoms with Crippen molar-refractivity contribution in [1.29, 1.82) is 0 Å². The minimum Gasteiger partial charge on any atom is -0.486 e. The largest absolute Gasteiger partial charge is 0.486 e. The summed E-state index contributed by atoms with van der Waals surface area (Å²) in [6, 6.07) is 9.75. The second-order valence-electron chi connectivity index (χ2n) is 4.30. The molecule has 0 amide bonds. The first kappa shape index (κ1) is 11.9.